The lowest BCUT2D eigenvalue weighted by atomic mass is 10.2. The predicted molar refractivity (Wildman–Crippen MR) is 43.1 cm³/mol. The number of hydrogen-bond donors (Lipinski definition) is 1. The van der Waals surface area contributed by atoms with Gasteiger partial charge in [0.05, 0.1) is 5.56 Å². The van der Waals surface area contributed by atoms with Crippen LogP contribution < -0.4 is 5.73 Å². The molecule has 6 heteroatoms. The molecule has 0 aromatic heterocycles. The van der Waals surface area contributed by atoms with Crippen LogP contribution in [0.25, 0.3) is 0 Å². The van der Waals surface area contributed by atoms with Gasteiger partial charge in [-0.15, -0.1) is 12.4 Å². The summed E-state index contributed by atoms with van der Waals surface area (Å²) in [6.45, 7) is 0. The number of nitrogens with two attached hydrogens (primary N) is 1. The largest absolute Gasteiger partial charge is 0.418 e. The van der Waals surface area contributed by atoms with Gasteiger partial charge in [0, 0.05) is 5.69 Å². The molecule has 0 aliphatic carbocycles. The molecular weight excluding hydrogens is 210 g/mol. The summed E-state index contributed by atoms with van der Waals surface area (Å²) < 4.78 is 48.3. The summed E-state index contributed by atoms with van der Waals surface area (Å²) in [5, 5.41) is 0. The molecule has 0 radical (unpaired) electrons. The fraction of sp³-hybridized carbons (Fsp3) is 0.143. The Kier molecular flexibility index (Phi) is 3.54. The minimum Gasteiger partial charge on any atom is -0.398 e. The Morgan fingerprint density at radius 2 is 1.69 bits per heavy atom. The van der Waals surface area contributed by atoms with Gasteiger partial charge in [0.1, 0.15) is 5.82 Å². The highest BCUT2D eigenvalue weighted by Crippen LogP contribution is 2.33. The number of halogens is 5. The number of benzene rings is 1. The van der Waals surface area contributed by atoms with Crippen molar-refractivity contribution >= 4 is 18.1 Å². The lowest BCUT2D eigenvalue weighted by molar-refractivity contribution is -0.137. The highest BCUT2D eigenvalue weighted by atomic mass is 35.5. The van der Waals surface area contributed by atoms with Gasteiger partial charge >= 0.3 is 6.18 Å². The molecule has 0 spiro atoms. The second kappa shape index (κ2) is 3.83. The first-order valence-corrected chi connectivity index (χ1v) is 3.03. The topological polar surface area (TPSA) is 26.0 Å². The molecule has 0 heterocycles. The first-order valence-electron chi connectivity index (χ1n) is 3.03. The maximum absolute atomic E-state index is 12.3. The third kappa shape index (κ3) is 2.77. The molecule has 0 amide bonds. The van der Waals surface area contributed by atoms with Crippen molar-refractivity contribution in [1.82, 2.24) is 0 Å². The highest BCUT2D eigenvalue weighted by molar-refractivity contribution is 5.85. The van der Waals surface area contributed by atoms with Crippen molar-refractivity contribution in [2.45, 2.75) is 6.18 Å². The van der Waals surface area contributed by atoms with E-state index in [9.17, 15) is 17.6 Å². The first kappa shape index (κ1) is 12.0. The maximum atomic E-state index is 12.3. The van der Waals surface area contributed by atoms with E-state index in [1.807, 2.05) is 0 Å². The molecule has 0 aliphatic rings. The average molecular weight is 216 g/mol. The Labute approximate surface area is 78.0 Å². The third-order valence-electron chi connectivity index (χ3n) is 1.32. The second-order valence-electron chi connectivity index (χ2n) is 2.23. The highest BCUT2D eigenvalue weighted by Gasteiger charge is 2.33. The number of nitrogen functional groups attached to an aromatic ring is 1. The van der Waals surface area contributed by atoms with Gasteiger partial charge in [-0.05, 0) is 18.2 Å². The second-order valence-corrected chi connectivity index (χ2v) is 2.23. The van der Waals surface area contributed by atoms with Gasteiger partial charge in [0.25, 0.3) is 0 Å². The van der Waals surface area contributed by atoms with Gasteiger partial charge in [-0.25, -0.2) is 4.39 Å². The van der Waals surface area contributed by atoms with Gasteiger partial charge in [0.15, 0.2) is 0 Å². The Morgan fingerprint density at radius 3 is 2.08 bits per heavy atom. The van der Waals surface area contributed by atoms with Crippen molar-refractivity contribution in [3.63, 3.8) is 0 Å². The minimum atomic E-state index is -4.59. The van der Waals surface area contributed by atoms with Crippen LogP contribution in [-0.4, -0.2) is 0 Å². The Bertz CT molecular complexity index is 297. The van der Waals surface area contributed by atoms with E-state index < -0.39 is 23.2 Å². The van der Waals surface area contributed by atoms with Gasteiger partial charge in [-0.3, -0.25) is 0 Å². The lowest BCUT2D eigenvalue weighted by Crippen LogP contribution is -2.09. The minimum absolute atomic E-state index is 0. The molecule has 2 N–H and O–H groups in total. The van der Waals surface area contributed by atoms with Gasteiger partial charge < -0.3 is 5.73 Å². The monoisotopic (exact) mass is 215 g/mol. The summed E-state index contributed by atoms with van der Waals surface area (Å²) in [5.74, 6) is -0.948. The molecule has 0 unspecified atom stereocenters. The number of anilines is 1. The van der Waals surface area contributed by atoms with E-state index in [4.69, 9.17) is 5.73 Å². The molecule has 13 heavy (non-hydrogen) atoms. The molecule has 74 valence electrons. The summed E-state index contributed by atoms with van der Waals surface area (Å²) >= 11 is 0. The van der Waals surface area contributed by atoms with Crippen molar-refractivity contribution in [2.75, 3.05) is 5.73 Å². The van der Waals surface area contributed by atoms with E-state index in [2.05, 4.69) is 0 Å². The van der Waals surface area contributed by atoms with E-state index in [0.29, 0.717) is 6.07 Å². The zero-order valence-electron chi connectivity index (χ0n) is 6.23. The van der Waals surface area contributed by atoms with E-state index in [0.717, 1.165) is 12.1 Å². The summed E-state index contributed by atoms with van der Waals surface area (Å²) in [6.07, 6.45) is -4.59. The molecule has 0 aliphatic heterocycles. The first-order chi connectivity index (χ1) is 5.41. The molecule has 1 aromatic rings. The molecule has 0 saturated heterocycles. The van der Waals surface area contributed by atoms with Crippen LogP contribution in [0.3, 0.4) is 0 Å². The van der Waals surface area contributed by atoms with Crippen LogP contribution in [0.4, 0.5) is 23.2 Å². The Hall–Kier alpha value is -0.970. The van der Waals surface area contributed by atoms with Crippen LogP contribution in [0.5, 0.6) is 0 Å². The molecular formula is C7H6ClF4N. The SMILES string of the molecule is Cl.Nc1ccc(F)cc1C(F)(F)F. The molecule has 1 rings (SSSR count). The number of rotatable bonds is 0. The summed E-state index contributed by atoms with van der Waals surface area (Å²) in [7, 11) is 0. The quantitative estimate of drug-likeness (QED) is 0.523. The maximum Gasteiger partial charge on any atom is 0.418 e. The summed E-state index contributed by atoms with van der Waals surface area (Å²) in [5.41, 5.74) is 3.38. The fourth-order valence-corrected chi connectivity index (χ4v) is 0.774. The third-order valence-corrected chi connectivity index (χ3v) is 1.32. The summed E-state index contributed by atoms with van der Waals surface area (Å²) in [6, 6.07) is 2.14. The van der Waals surface area contributed by atoms with Crippen molar-refractivity contribution in [2.24, 2.45) is 0 Å². The van der Waals surface area contributed by atoms with E-state index in [-0.39, 0.29) is 12.4 Å². The molecule has 0 saturated carbocycles. The van der Waals surface area contributed by atoms with Crippen LogP contribution in [-0.2, 0) is 6.18 Å². The van der Waals surface area contributed by atoms with Crippen LogP contribution >= 0.6 is 12.4 Å². The van der Waals surface area contributed by atoms with E-state index in [1.54, 1.807) is 0 Å². The van der Waals surface area contributed by atoms with Crippen LogP contribution in [0.15, 0.2) is 18.2 Å². The molecule has 0 bridgehead atoms. The number of alkyl halides is 3. The van der Waals surface area contributed by atoms with Crippen molar-refractivity contribution in [1.29, 1.82) is 0 Å². The number of hydrogen-bond acceptors (Lipinski definition) is 1. The Balaban J connectivity index is 0.00000144. The van der Waals surface area contributed by atoms with Crippen molar-refractivity contribution in [3.8, 4) is 0 Å². The van der Waals surface area contributed by atoms with Crippen molar-refractivity contribution < 1.29 is 17.6 Å². The zero-order chi connectivity index (χ0) is 9.35. The standard InChI is InChI=1S/C7H5F4N.ClH/c8-4-1-2-6(12)5(3-4)7(9,10)11;/h1-3H,12H2;1H. The van der Waals surface area contributed by atoms with Crippen LogP contribution in [0.2, 0.25) is 0 Å². The van der Waals surface area contributed by atoms with Crippen LogP contribution in [0, 0.1) is 5.82 Å². The van der Waals surface area contributed by atoms with Gasteiger partial charge in [-0.1, -0.05) is 0 Å². The molecule has 0 atom stereocenters. The molecule has 1 aromatic carbocycles. The smallest absolute Gasteiger partial charge is 0.398 e. The predicted octanol–water partition coefficient (Wildman–Crippen LogP) is 2.85. The Morgan fingerprint density at radius 1 is 1.15 bits per heavy atom. The van der Waals surface area contributed by atoms with Crippen LogP contribution in [0.1, 0.15) is 5.56 Å². The average Bonchev–Trinajstić information content (AvgIpc) is 1.92. The van der Waals surface area contributed by atoms with Crippen molar-refractivity contribution in [3.05, 3.63) is 29.6 Å². The summed E-state index contributed by atoms with van der Waals surface area (Å²) in [4.78, 5) is 0. The zero-order valence-corrected chi connectivity index (χ0v) is 7.05. The normalized spacial score (nSPS) is 10.8. The molecule has 1 nitrogen and oxygen atoms in total. The molecule has 0 fully saturated rings. The lowest BCUT2D eigenvalue weighted by Gasteiger charge is -2.08. The van der Waals surface area contributed by atoms with E-state index in [1.165, 1.54) is 0 Å². The van der Waals surface area contributed by atoms with Gasteiger partial charge in [0.2, 0.25) is 0 Å². The van der Waals surface area contributed by atoms with Gasteiger partial charge in [-0.2, -0.15) is 13.2 Å². The van der Waals surface area contributed by atoms with E-state index >= 15 is 0 Å². The fourth-order valence-electron chi connectivity index (χ4n) is 0.774.